The highest BCUT2D eigenvalue weighted by Gasteiger charge is 2.04. The molecule has 0 aromatic heterocycles. The van der Waals surface area contributed by atoms with Gasteiger partial charge in [0.05, 0.1) is 7.11 Å². The summed E-state index contributed by atoms with van der Waals surface area (Å²) in [5.74, 6) is 1.47. The van der Waals surface area contributed by atoms with Gasteiger partial charge in [0.25, 0.3) is 0 Å². The predicted octanol–water partition coefficient (Wildman–Crippen LogP) is 2.08. The van der Waals surface area contributed by atoms with E-state index < -0.39 is 0 Å². The molecule has 0 fully saturated rings. The van der Waals surface area contributed by atoms with Crippen molar-refractivity contribution in [2.24, 2.45) is 16.5 Å². The molecular formula is C12H20IN3O. The van der Waals surface area contributed by atoms with Crippen molar-refractivity contribution in [3.63, 3.8) is 0 Å². The number of benzene rings is 1. The fourth-order valence-corrected chi connectivity index (χ4v) is 1.49. The van der Waals surface area contributed by atoms with Crippen LogP contribution in [-0.4, -0.2) is 19.6 Å². The fourth-order valence-electron chi connectivity index (χ4n) is 1.49. The highest BCUT2D eigenvalue weighted by atomic mass is 127. The number of nitrogens with two attached hydrogens (primary N) is 2. The number of aliphatic imine (C=N–C) groups is 1. The highest BCUT2D eigenvalue weighted by molar-refractivity contribution is 14.0. The summed E-state index contributed by atoms with van der Waals surface area (Å²) < 4.78 is 5.11. The van der Waals surface area contributed by atoms with Crippen LogP contribution in [0.3, 0.4) is 0 Å². The summed E-state index contributed by atoms with van der Waals surface area (Å²) >= 11 is 0. The molecule has 0 spiro atoms. The van der Waals surface area contributed by atoms with Crippen LogP contribution >= 0.6 is 24.0 Å². The Balaban J connectivity index is 0.00000256. The molecule has 0 radical (unpaired) electrons. The van der Waals surface area contributed by atoms with Gasteiger partial charge in [-0.05, 0) is 30.0 Å². The van der Waals surface area contributed by atoms with Gasteiger partial charge in [0.2, 0.25) is 0 Å². The predicted molar refractivity (Wildman–Crippen MR) is 82.1 cm³/mol. The minimum Gasteiger partial charge on any atom is -0.497 e. The number of nitrogens with zero attached hydrogens (tertiary/aromatic N) is 1. The van der Waals surface area contributed by atoms with Gasteiger partial charge < -0.3 is 16.2 Å². The molecule has 0 aliphatic heterocycles. The normalized spacial score (nSPS) is 11.2. The Hall–Kier alpha value is -0.980. The molecule has 0 saturated heterocycles. The smallest absolute Gasteiger partial charge is 0.185 e. The lowest BCUT2D eigenvalue weighted by atomic mass is 9.98. The van der Waals surface area contributed by atoms with Crippen LogP contribution in [0.1, 0.15) is 24.8 Å². The summed E-state index contributed by atoms with van der Waals surface area (Å²) in [6, 6.07) is 8.07. The second-order valence-corrected chi connectivity index (χ2v) is 3.77. The minimum absolute atomic E-state index is 0. The molecule has 0 heterocycles. The maximum atomic E-state index is 5.27. The molecule has 1 aromatic rings. The Morgan fingerprint density at radius 1 is 1.29 bits per heavy atom. The first kappa shape index (κ1) is 16.0. The Labute approximate surface area is 119 Å². The SMILES string of the molecule is COc1ccc(C(C)CCN=C(N)N)cc1.I. The standard InChI is InChI=1S/C12H19N3O.HI/c1-9(7-8-15-12(13)14)10-3-5-11(16-2)6-4-10;/h3-6,9H,7-8H2,1-2H3,(H4,13,14,15);1H. The van der Waals surface area contributed by atoms with Crippen LogP contribution in [0.4, 0.5) is 0 Å². The molecule has 96 valence electrons. The Bertz CT molecular complexity index is 347. The Morgan fingerprint density at radius 3 is 2.35 bits per heavy atom. The first-order chi connectivity index (χ1) is 7.63. The molecule has 1 rings (SSSR count). The molecule has 1 unspecified atom stereocenters. The quantitative estimate of drug-likeness (QED) is 0.486. The lowest BCUT2D eigenvalue weighted by molar-refractivity contribution is 0.414. The van der Waals surface area contributed by atoms with Crippen LogP contribution in [0.2, 0.25) is 0 Å². The lowest BCUT2D eigenvalue weighted by Crippen LogP contribution is -2.23. The molecule has 0 aliphatic carbocycles. The maximum absolute atomic E-state index is 5.27. The van der Waals surface area contributed by atoms with E-state index in [4.69, 9.17) is 16.2 Å². The molecule has 0 aliphatic rings. The molecule has 0 amide bonds. The van der Waals surface area contributed by atoms with Crippen molar-refractivity contribution in [1.82, 2.24) is 0 Å². The summed E-state index contributed by atoms with van der Waals surface area (Å²) in [6.45, 7) is 2.82. The Morgan fingerprint density at radius 2 is 1.88 bits per heavy atom. The molecule has 4 nitrogen and oxygen atoms in total. The van der Waals surface area contributed by atoms with E-state index in [9.17, 15) is 0 Å². The number of methoxy groups -OCH3 is 1. The second-order valence-electron chi connectivity index (χ2n) is 3.77. The van der Waals surface area contributed by atoms with Crippen molar-refractivity contribution in [1.29, 1.82) is 0 Å². The van der Waals surface area contributed by atoms with Crippen molar-refractivity contribution in [3.8, 4) is 5.75 Å². The number of rotatable bonds is 5. The van der Waals surface area contributed by atoms with E-state index in [1.54, 1.807) is 7.11 Å². The minimum atomic E-state index is 0. The largest absolute Gasteiger partial charge is 0.497 e. The van der Waals surface area contributed by atoms with Crippen molar-refractivity contribution in [2.45, 2.75) is 19.3 Å². The molecule has 4 N–H and O–H groups in total. The first-order valence-corrected chi connectivity index (χ1v) is 5.33. The average molecular weight is 349 g/mol. The van der Waals surface area contributed by atoms with Crippen molar-refractivity contribution >= 4 is 29.9 Å². The third-order valence-electron chi connectivity index (χ3n) is 2.54. The summed E-state index contributed by atoms with van der Waals surface area (Å²) in [7, 11) is 1.66. The monoisotopic (exact) mass is 349 g/mol. The van der Waals surface area contributed by atoms with Gasteiger partial charge in [0.1, 0.15) is 5.75 Å². The van der Waals surface area contributed by atoms with Crippen molar-refractivity contribution < 1.29 is 4.74 Å². The van der Waals surface area contributed by atoms with Crippen LogP contribution in [0.25, 0.3) is 0 Å². The number of guanidine groups is 1. The molecule has 5 heteroatoms. The first-order valence-electron chi connectivity index (χ1n) is 5.33. The summed E-state index contributed by atoms with van der Waals surface area (Å²) in [4.78, 5) is 3.97. The topological polar surface area (TPSA) is 73.6 Å². The van der Waals surface area contributed by atoms with Gasteiger partial charge in [-0.2, -0.15) is 0 Å². The van der Waals surface area contributed by atoms with Crippen molar-refractivity contribution in [3.05, 3.63) is 29.8 Å². The summed E-state index contributed by atoms with van der Waals surface area (Å²) in [5, 5.41) is 0. The third kappa shape index (κ3) is 5.76. The zero-order chi connectivity index (χ0) is 12.0. The van der Waals surface area contributed by atoms with E-state index in [-0.39, 0.29) is 29.9 Å². The Kier molecular flexibility index (Phi) is 7.69. The second kappa shape index (κ2) is 8.16. The van der Waals surface area contributed by atoms with Crippen LogP contribution in [0, 0.1) is 0 Å². The lowest BCUT2D eigenvalue weighted by Gasteiger charge is -2.10. The van der Waals surface area contributed by atoms with Crippen LogP contribution < -0.4 is 16.2 Å². The molecule has 1 aromatic carbocycles. The number of ether oxygens (including phenoxy) is 1. The molecule has 1 atom stereocenters. The molecule has 0 bridgehead atoms. The van der Waals surface area contributed by atoms with Gasteiger partial charge in [0, 0.05) is 6.54 Å². The zero-order valence-electron chi connectivity index (χ0n) is 10.2. The van der Waals surface area contributed by atoms with Gasteiger partial charge in [-0.3, -0.25) is 4.99 Å². The van der Waals surface area contributed by atoms with E-state index in [0.29, 0.717) is 12.5 Å². The van der Waals surface area contributed by atoms with E-state index in [0.717, 1.165) is 12.2 Å². The summed E-state index contributed by atoms with van der Waals surface area (Å²) in [6.07, 6.45) is 0.935. The van der Waals surface area contributed by atoms with Crippen LogP contribution in [-0.2, 0) is 0 Å². The molecular weight excluding hydrogens is 329 g/mol. The van der Waals surface area contributed by atoms with Crippen LogP contribution in [0.5, 0.6) is 5.75 Å². The average Bonchev–Trinajstić information content (AvgIpc) is 2.28. The van der Waals surface area contributed by atoms with Crippen LogP contribution in [0.15, 0.2) is 29.3 Å². The van der Waals surface area contributed by atoms with E-state index in [2.05, 4.69) is 24.0 Å². The maximum Gasteiger partial charge on any atom is 0.185 e. The van der Waals surface area contributed by atoms with E-state index in [1.807, 2.05) is 12.1 Å². The fraction of sp³-hybridized carbons (Fsp3) is 0.417. The van der Waals surface area contributed by atoms with E-state index in [1.165, 1.54) is 5.56 Å². The van der Waals surface area contributed by atoms with E-state index >= 15 is 0 Å². The molecule has 17 heavy (non-hydrogen) atoms. The zero-order valence-corrected chi connectivity index (χ0v) is 12.5. The van der Waals surface area contributed by atoms with Gasteiger partial charge in [0.15, 0.2) is 5.96 Å². The number of halogens is 1. The number of hydrogen-bond acceptors (Lipinski definition) is 2. The van der Waals surface area contributed by atoms with Gasteiger partial charge >= 0.3 is 0 Å². The number of hydrogen-bond donors (Lipinski definition) is 2. The third-order valence-corrected chi connectivity index (χ3v) is 2.54. The molecule has 0 saturated carbocycles. The van der Waals surface area contributed by atoms with Gasteiger partial charge in [-0.15, -0.1) is 24.0 Å². The van der Waals surface area contributed by atoms with Gasteiger partial charge in [-0.25, -0.2) is 0 Å². The van der Waals surface area contributed by atoms with Gasteiger partial charge in [-0.1, -0.05) is 19.1 Å². The summed E-state index contributed by atoms with van der Waals surface area (Å²) in [5.41, 5.74) is 11.8. The highest BCUT2D eigenvalue weighted by Crippen LogP contribution is 2.21. The van der Waals surface area contributed by atoms with Crippen molar-refractivity contribution in [2.75, 3.05) is 13.7 Å².